The van der Waals surface area contributed by atoms with E-state index in [0.29, 0.717) is 18.4 Å². The zero-order valence-electron chi connectivity index (χ0n) is 12.8. The Morgan fingerprint density at radius 2 is 2.22 bits per heavy atom. The number of nitrogens with zero attached hydrogens (tertiary/aromatic N) is 3. The summed E-state index contributed by atoms with van der Waals surface area (Å²) >= 11 is 0. The van der Waals surface area contributed by atoms with Gasteiger partial charge in [-0.1, -0.05) is 12.1 Å². The van der Waals surface area contributed by atoms with Crippen LogP contribution in [0.2, 0.25) is 0 Å². The molecule has 0 radical (unpaired) electrons. The van der Waals surface area contributed by atoms with Crippen LogP contribution in [0.4, 0.5) is 16.0 Å². The molecule has 120 valence electrons. The molecule has 3 heterocycles. The zero-order chi connectivity index (χ0) is 15.8. The third kappa shape index (κ3) is 2.69. The Bertz CT molecular complexity index is 788. The average molecular weight is 314 g/mol. The number of aromatic nitrogens is 2. The van der Waals surface area contributed by atoms with Crippen LogP contribution >= 0.6 is 0 Å². The number of anilines is 2. The highest BCUT2D eigenvalue weighted by atomic mass is 19.1. The zero-order valence-corrected chi connectivity index (χ0v) is 12.8. The third-order valence-corrected chi connectivity index (χ3v) is 4.67. The highest BCUT2D eigenvalue weighted by Gasteiger charge is 2.32. The van der Waals surface area contributed by atoms with E-state index in [-0.39, 0.29) is 11.5 Å². The molecule has 1 atom stereocenters. The van der Waals surface area contributed by atoms with Gasteiger partial charge in [0, 0.05) is 31.7 Å². The normalized spacial score (nSPS) is 19.3. The minimum absolute atomic E-state index is 0.210. The molecule has 4 rings (SSSR count). The first-order valence-corrected chi connectivity index (χ1v) is 8.07. The predicted molar refractivity (Wildman–Crippen MR) is 87.2 cm³/mol. The van der Waals surface area contributed by atoms with Gasteiger partial charge in [-0.2, -0.15) is 4.98 Å². The second-order valence-electron chi connectivity index (χ2n) is 6.22. The predicted octanol–water partition coefficient (Wildman–Crippen LogP) is 2.37. The number of hydrogen-bond acceptors (Lipinski definition) is 4. The molecule has 1 aromatic heterocycles. The van der Waals surface area contributed by atoms with Crippen LogP contribution in [0.1, 0.15) is 24.8 Å². The summed E-state index contributed by atoms with van der Waals surface area (Å²) in [5.41, 5.74) is 0.613. The van der Waals surface area contributed by atoms with Gasteiger partial charge in [-0.3, -0.25) is 4.57 Å². The summed E-state index contributed by atoms with van der Waals surface area (Å²) in [6.07, 6.45) is 3.52. The van der Waals surface area contributed by atoms with Crippen molar-refractivity contribution in [2.45, 2.75) is 38.4 Å². The van der Waals surface area contributed by atoms with E-state index >= 15 is 0 Å². The van der Waals surface area contributed by atoms with Crippen LogP contribution in [-0.4, -0.2) is 22.1 Å². The van der Waals surface area contributed by atoms with Crippen molar-refractivity contribution in [1.82, 2.24) is 9.55 Å². The highest BCUT2D eigenvalue weighted by Crippen LogP contribution is 2.31. The van der Waals surface area contributed by atoms with Crippen molar-refractivity contribution >= 4 is 11.6 Å². The second kappa shape index (κ2) is 5.68. The first kappa shape index (κ1) is 14.2. The number of hydrogen-bond donors (Lipinski definition) is 1. The standard InChI is InChI=1S/C17H19FN4O/c18-13-5-3-4-12(8-13)10-19-15-9-16-21-7-2-1-6-14(21)11-22(16)17(23)20-15/h3-5,8-9,14H,1-2,6-7,10-11H2,(H,19,20,23). The Labute approximate surface area is 133 Å². The molecule has 6 heteroatoms. The molecule has 0 amide bonds. The fourth-order valence-corrected chi connectivity index (χ4v) is 3.54. The van der Waals surface area contributed by atoms with Gasteiger partial charge in [0.25, 0.3) is 0 Å². The Hall–Kier alpha value is -2.37. The molecule has 2 aliphatic heterocycles. The van der Waals surface area contributed by atoms with E-state index in [0.717, 1.165) is 30.9 Å². The van der Waals surface area contributed by atoms with E-state index in [9.17, 15) is 9.18 Å². The van der Waals surface area contributed by atoms with Crippen LogP contribution < -0.4 is 15.9 Å². The van der Waals surface area contributed by atoms with Crippen LogP contribution in [0.5, 0.6) is 0 Å². The topological polar surface area (TPSA) is 50.2 Å². The lowest BCUT2D eigenvalue weighted by Crippen LogP contribution is -2.36. The summed E-state index contributed by atoms with van der Waals surface area (Å²) in [5.74, 6) is 1.25. The molecule has 2 aliphatic rings. The molecule has 0 bridgehead atoms. The molecule has 1 unspecified atom stereocenters. The maximum Gasteiger partial charge on any atom is 0.351 e. The smallest absolute Gasteiger partial charge is 0.351 e. The van der Waals surface area contributed by atoms with Gasteiger partial charge in [-0.05, 0) is 37.0 Å². The summed E-state index contributed by atoms with van der Waals surface area (Å²) in [5, 5.41) is 3.14. The molecular formula is C17H19FN4O. The monoisotopic (exact) mass is 314 g/mol. The SMILES string of the molecule is O=c1nc(NCc2cccc(F)c2)cc2n1CC1CCCCN21. The molecule has 0 aliphatic carbocycles. The van der Waals surface area contributed by atoms with Gasteiger partial charge in [0.1, 0.15) is 17.5 Å². The molecule has 1 fully saturated rings. The molecule has 23 heavy (non-hydrogen) atoms. The van der Waals surface area contributed by atoms with Crippen molar-refractivity contribution < 1.29 is 4.39 Å². The molecular weight excluding hydrogens is 295 g/mol. The van der Waals surface area contributed by atoms with Crippen molar-refractivity contribution in [2.75, 3.05) is 16.8 Å². The van der Waals surface area contributed by atoms with Crippen molar-refractivity contribution in [1.29, 1.82) is 0 Å². The van der Waals surface area contributed by atoms with Crippen LogP contribution in [-0.2, 0) is 13.1 Å². The lowest BCUT2D eigenvalue weighted by atomic mass is 10.0. The highest BCUT2D eigenvalue weighted by molar-refractivity contribution is 5.53. The molecule has 2 aromatic rings. The van der Waals surface area contributed by atoms with Gasteiger partial charge in [0.2, 0.25) is 0 Å². The van der Waals surface area contributed by atoms with Gasteiger partial charge >= 0.3 is 5.69 Å². The van der Waals surface area contributed by atoms with E-state index in [1.165, 1.54) is 25.0 Å². The largest absolute Gasteiger partial charge is 0.366 e. The maximum atomic E-state index is 13.2. The summed E-state index contributed by atoms with van der Waals surface area (Å²) in [6.45, 7) is 2.18. The van der Waals surface area contributed by atoms with Crippen LogP contribution in [0, 0.1) is 5.82 Å². The minimum atomic E-state index is -0.262. The summed E-state index contributed by atoms with van der Waals surface area (Å²) in [6, 6.07) is 8.78. The van der Waals surface area contributed by atoms with Crippen molar-refractivity contribution in [3.63, 3.8) is 0 Å². The quantitative estimate of drug-likeness (QED) is 0.945. The van der Waals surface area contributed by atoms with E-state index in [2.05, 4.69) is 15.2 Å². The summed E-state index contributed by atoms with van der Waals surface area (Å²) < 4.78 is 15.0. The van der Waals surface area contributed by atoms with Gasteiger partial charge in [-0.15, -0.1) is 0 Å². The van der Waals surface area contributed by atoms with Crippen LogP contribution in [0.3, 0.4) is 0 Å². The van der Waals surface area contributed by atoms with Gasteiger partial charge in [-0.25, -0.2) is 9.18 Å². The Morgan fingerprint density at radius 3 is 3.09 bits per heavy atom. The number of benzene rings is 1. The molecule has 0 spiro atoms. The fraction of sp³-hybridized carbons (Fsp3) is 0.412. The number of nitrogens with one attached hydrogen (secondary N) is 1. The van der Waals surface area contributed by atoms with Crippen LogP contribution in [0.15, 0.2) is 35.1 Å². The second-order valence-corrected chi connectivity index (χ2v) is 6.22. The van der Waals surface area contributed by atoms with E-state index in [1.807, 2.05) is 12.1 Å². The van der Waals surface area contributed by atoms with Gasteiger partial charge in [0.15, 0.2) is 0 Å². The molecule has 5 nitrogen and oxygen atoms in total. The van der Waals surface area contributed by atoms with Gasteiger partial charge < -0.3 is 10.2 Å². The number of piperidine rings is 1. The number of halogens is 1. The van der Waals surface area contributed by atoms with E-state index in [4.69, 9.17) is 0 Å². The van der Waals surface area contributed by atoms with Crippen molar-refractivity contribution in [2.24, 2.45) is 0 Å². The van der Waals surface area contributed by atoms with Gasteiger partial charge in [0.05, 0.1) is 0 Å². The number of rotatable bonds is 3. The fourth-order valence-electron chi connectivity index (χ4n) is 3.54. The third-order valence-electron chi connectivity index (χ3n) is 4.67. The van der Waals surface area contributed by atoms with Crippen molar-refractivity contribution in [3.8, 4) is 0 Å². The van der Waals surface area contributed by atoms with Crippen molar-refractivity contribution in [3.05, 3.63) is 52.2 Å². The van der Waals surface area contributed by atoms with E-state index in [1.54, 1.807) is 10.6 Å². The van der Waals surface area contributed by atoms with E-state index < -0.39 is 0 Å². The first-order chi connectivity index (χ1) is 11.2. The number of fused-ring (bicyclic) bond motifs is 3. The van der Waals surface area contributed by atoms with Crippen LogP contribution in [0.25, 0.3) is 0 Å². The Morgan fingerprint density at radius 1 is 1.30 bits per heavy atom. The lowest BCUT2D eigenvalue weighted by Gasteiger charge is -2.30. The molecule has 0 saturated carbocycles. The molecule has 1 saturated heterocycles. The Balaban J connectivity index is 1.57. The summed E-state index contributed by atoms with van der Waals surface area (Å²) in [4.78, 5) is 18.7. The average Bonchev–Trinajstić information content (AvgIpc) is 2.93. The maximum absolute atomic E-state index is 13.2. The molecule has 1 aromatic carbocycles. The molecule has 1 N–H and O–H groups in total. The minimum Gasteiger partial charge on any atom is -0.366 e. The lowest BCUT2D eigenvalue weighted by molar-refractivity contribution is 0.458. The summed E-state index contributed by atoms with van der Waals surface area (Å²) in [7, 11) is 0. The Kier molecular flexibility index (Phi) is 3.52. The first-order valence-electron chi connectivity index (χ1n) is 8.07.